The number of likely N-dealkylation sites (N-methyl/N-ethyl adjacent to an activating group) is 1. The molecule has 2 heterocycles. The first-order chi connectivity index (χ1) is 7.66. The topological polar surface area (TPSA) is 82.1 Å². The van der Waals surface area contributed by atoms with Gasteiger partial charge in [0.2, 0.25) is 0 Å². The molecule has 6 heteroatoms. The Morgan fingerprint density at radius 2 is 1.94 bits per heavy atom. The summed E-state index contributed by atoms with van der Waals surface area (Å²) < 4.78 is 0. The second-order valence-corrected chi connectivity index (χ2v) is 3.96. The normalized spacial score (nSPS) is 17.4. The second kappa shape index (κ2) is 4.44. The monoisotopic (exact) mass is 220 g/mol. The molecule has 3 N–H and O–H groups in total. The van der Waals surface area contributed by atoms with Crippen LogP contribution in [0.5, 0.6) is 0 Å². The highest BCUT2D eigenvalue weighted by atomic mass is 15.3. The first kappa shape index (κ1) is 10.8. The molecule has 0 atom stereocenters. The summed E-state index contributed by atoms with van der Waals surface area (Å²) in [5, 5.41) is 7.23. The number of aromatic nitrogens is 2. The van der Waals surface area contributed by atoms with E-state index in [9.17, 15) is 0 Å². The van der Waals surface area contributed by atoms with E-state index in [2.05, 4.69) is 26.8 Å². The molecule has 0 aromatic carbocycles. The molecule has 0 amide bonds. The second-order valence-electron chi connectivity index (χ2n) is 3.96. The fraction of sp³-hybridized carbons (Fsp3) is 0.500. The van der Waals surface area contributed by atoms with Crippen LogP contribution in [0.25, 0.3) is 0 Å². The van der Waals surface area contributed by atoms with Gasteiger partial charge in [0.05, 0.1) is 12.4 Å². The number of nitrogens with two attached hydrogens (primary N) is 1. The minimum atomic E-state index is -0.0440. The summed E-state index contributed by atoms with van der Waals surface area (Å²) in [5.74, 6) is 0.815. The largest absolute Gasteiger partial charge is 0.382 e. The zero-order valence-corrected chi connectivity index (χ0v) is 9.35. The lowest BCUT2D eigenvalue weighted by atomic mass is 10.3. The van der Waals surface area contributed by atoms with Gasteiger partial charge in [-0.3, -0.25) is 5.41 Å². The highest BCUT2D eigenvalue weighted by Gasteiger charge is 2.15. The number of nitrogens with zero attached hydrogens (tertiary/aromatic N) is 4. The number of hydrogen-bond acceptors (Lipinski definition) is 5. The first-order valence-corrected chi connectivity index (χ1v) is 5.27. The molecule has 86 valence electrons. The maximum atomic E-state index is 7.23. The van der Waals surface area contributed by atoms with Gasteiger partial charge in [-0.15, -0.1) is 0 Å². The van der Waals surface area contributed by atoms with Crippen molar-refractivity contribution in [3.63, 3.8) is 0 Å². The van der Waals surface area contributed by atoms with Crippen molar-refractivity contribution in [2.75, 3.05) is 38.1 Å². The maximum absolute atomic E-state index is 7.23. The Labute approximate surface area is 94.6 Å². The van der Waals surface area contributed by atoms with Crippen LogP contribution in [0.1, 0.15) is 5.69 Å². The Hall–Kier alpha value is -1.69. The molecule has 1 aromatic rings. The molecule has 1 saturated heterocycles. The fourth-order valence-electron chi connectivity index (χ4n) is 1.66. The number of piperazine rings is 1. The van der Waals surface area contributed by atoms with Gasteiger partial charge in [0.1, 0.15) is 17.3 Å². The smallest absolute Gasteiger partial charge is 0.147 e. The first-order valence-electron chi connectivity index (χ1n) is 5.27. The van der Waals surface area contributed by atoms with Gasteiger partial charge in [-0.05, 0) is 7.05 Å². The molecule has 0 unspecified atom stereocenters. The van der Waals surface area contributed by atoms with Gasteiger partial charge in [-0.1, -0.05) is 0 Å². The van der Waals surface area contributed by atoms with Crippen molar-refractivity contribution in [3.8, 4) is 0 Å². The molecule has 1 aromatic heterocycles. The zero-order chi connectivity index (χ0) is 11.5. The molecule has 1 fully saturated rings. The summed E-state index contributed by atoms with van der Waals surface area (Å²) in [6, 6.07) is 0. The van der Waals surface area contributed by atoms with Crippen LogP contribution in [0.15, 0.2) is 12.4 Å². The third kappa shape index (κ3) is 2.27. The molecule has 16 heavy (non-hydrogen) atoms. The van der Waals surface area contributed by atoms with Gasteiger partial charge in [-0.2, -0.15) is 0 Å². The number of anilines is 1. The predicted octanol–water partition coefficient (Wildman–Crippen LogP) is -0.488. The van der Waals surface area contributed by atoms with E-state index in [0.29, 0.717) is 5.69 Å². The van der Waals surface area contributed by atoms with Crippen molar-refractivity contribution in [2.24, 2.45) is 5.73 Å². The number of nitrogens with one attached hydrogen (secondary N) is 1. The standard InChI is InChI=1S/C10H16N6/c1-15-2-4-16(5-3-15)9-7-13-8(6-14-9)10(11)12/h6-7H,2-5H2,1H3,(H3,11,12). The van der Waals surface area contributed by atoms with Gasteiger partial charge in [0, 0.05) is 26.2 Å². The van der Waals surface area contributed by atoms with Gasteiger partial charge in [0.25, 0.3) is 0 Å². The Kier molecular flexibility index (Phi) is 3.00. The average Bonchev–Trinajstić information content (AvgIpc) is 2.30. The molecule has 1 aliphatic heterocycles. The number of hydrogen-bond donors (Lipinski definition) is 2. The van der Waals surface area contributed by atoms with Crippen molar-refractivity contribution in [1.82, 2.24) is 14.9 Å². The number of amidine groups is 1. The number of nitrogen functional groups attached to an aromatic ring is 1. The fourth-order valence-corrected chi connectivity index (χ4v) is 1.66. The third-order valence-corrected chi connectivity index (χ3v) is 2.74. The van der Waals surface area contributed by atoms with Crippen molar-refractivity contribution in [2.45, 2.75) is 0 Å². The van der Waals surface area contributed by atoms with E-state index in [1.165, 1.54) is 0 Å². The molecular weight excluding hydrogens is 204 g/mol. The molecule has 0 bridgehead atoms. The highest BCUT2D eigenvalue weighted by molar-refractivity contribution is 5.92. The van der Waals surface area contributed by atoms with Crippen molar-refractivity contribution < 1.29 is 0 Å². The van der Waals surface area contributed by atoms with Crippen LogP contribution in [0.3, 0.4) is 0 Å². The molecule has 1 aliphatic rings. The quantitative estimate of drug-likeness (QED) is 0.519. The average molecular weight is 220 g/mol. The summed E-state index contributed by atoms with van der Waals surface area (Å²) in [4.78, 5) is 12.9. The van der Waals surface area contributed by atoms with Crippen molar-refractivity contribution in [1.29, 1.82) is 5.41 Å². The summed E-state index contributed by atoms with van der Waals surface area (Å²) in [6.45, 7) is 4.00. The van der Waals surface area contributed by atoms with E-state index in [0.717, 1.165) is 32.0 Å². The summed E-state index contributed by atoms with van der Waals surface area (Å²) in [7, 11) is 2.11. The zero-order valence-electron chi connectivity index (χ0n) is 9.35. The number of rotatable bonds is 2. The summed E-state index contributed by atoms with van der Waals surface area (Å²) in [6.07, 6.45) is 3.23. The van der Waals surface area contributed by atoms with E-state index in [4.69, 9.17) is 11.1 Å². The Morgan fingerprint density at radius 3 is 2.44 bits per heavy atom. The van der Waals surface area contributed by atoms with Crippen molar-refractivity contribution >= 4 is 11.7 Å². The van der Waals surface area contributed by atoms with Crippen LogP contribution in [0.2, 0.25) is 0 Å². The summed E-state index contributed by atoms with van der Waals surface area (Å²) >= 11 is 0. The molecular formula is C10H16N6. The Morgan fingerprint density at radius 1 is 1.25 bits per heavy atom. The molecule has 0 spiro atoms. The lowest BCUT2D eigenvalue weighted by Gasteiger charge is -2.32. The lowest BCUT2D eigenvalue weighted by molar-refractivity contribution is 0.312. The minimum absolute atomic E-state index is 0.0440. The van der Waals surface area contributed by atoms with Crippen LogP contribution in [0.4, 0.5) is 5.82 Å². The third-order valence-electron chi connectivity index (χ3n) is 2.74. The highest BCUT2D eigenvalue weighted by Crippen LogP contribution is 2.11. The van der Waals surface area contributed by atoms with Crippen LogP contribution in [-0.4, -0.2) is 53.9 Å². The Balaban J connectivity index is 2.07. The van der Waals surface area contributed by atoms with E-state index in [-0.39, 0.29) is 5.84 Å². The lowest BCUT2D eigenvalue weighted by Crippen LogP contribution is -2.44. The SMILES string of the molecule is CN1CCN(c2cnc(C(=N)N)cn2)CC1. The summed E-state index contributed by atoms with van der Waals surface area (Å²) in [5.41, 5.74) is 5.75. The molecule has 0 radical (unpaired) electrons. The van der Waals surface area contributed by atoms with Crippen LogP contribution < -0.4 is 10.6 Å². The van der Waals surface area contributed by atoms with Gasteiger partial charge in [-0.25, -0.2) is 9.97 Å². The van der Waals surface area contributed by atoms with E-state index < -0.39 is 0 Å². The van der Waals surface area contributed by atoms with Crippen LogP contribution >= 0.6 is 0 Å². The van der Waals surface area contributed by atoms with E-state index >= 15 is 0 Å². The molecule has 0 aliphatic carbocycles. The van der Waals surface area contributed by atoms with Gasteiger partial charge < -0.3 is 15.5 Å². The Bertz CT molecular complexity index is 365. The van der Waals surface area contributed by atoms with Crippen LogP contribution in [-0.2, 0) is 0 Å². The molecule has 0 saturated carbocycles. The van der Waals surface area contributed by atoms with E-state index in [1.807, 2.05) is 0 Å². The van der Waals surface area contributed by atoms with Crippen LogP contribution in [0, 0.1) is 5.41 Å². The predicted molar refractivity (Wildman–Crippen MR) is 62.8 cm³/mol. The maximum Gasteiger partial charge on any atom is 0.147 e. The minimum Gasteiger partial charge on any atom is -0.382 e. The van der Waals surface area contributed by atoms with E-state index in [1.54, 1.807) is 12.4 Å². The van der Waals surface area contributed by atoms with Gasteiger partial charge in [0.15, 0.2) is 0 Å². The van der Waals surface area contributed by atoms with Gasteiger partial charge >= 0.3 is 0 Å². The molecule has 6 nitrogen and oxygen atoms in total. The molecule has 2 rings (SSSR count). The van der Waals surface area contributed by atoms with Crippen molar-refractivity contribution in [3.05, 3.63) is 18.1 Å².